The Bertz CT molecular complexity index is 1360. The Balaban J connectivity index is 1.61. The van der Waals surface area contributed by atoms with Crippen molar-refractivity contribution in [2.24, 2.45) is 0 Å². The van der Waals surface area contributed by atoms with Gasteiger partial charge in [-0.25, -0.2) is 9.97 Å². The van der Waals surface area contributed by atoms with Gasteiger partial charge in [-0.2, -0.15) is 0 Å². The monoisotopic (exact) mass is 401 g/mol. The zero-order valence-electron chi connectivity index (χ0n) is 16.5. The summed E-state index contributed by atoms with van der Waals surface area (Å²) in [6.07, 6.45) is 2.47. The first-order chi connectivity index (χ1) is 14.7. The molecule has 0 spiro atoms. The van der Waals surface area contributed by atoms with E-state index in [1.54, 1.807) is 31.4 Å². The molecule has 4 aromatic heterocycles. The molecule has 5 rings (SSSR count). The lowest BCUT2D eigenvalue weighted by molar-refractivity contribution is 0.102. The number of benzene rings is 1. The Morgan fingerprint density at radius 1 is 1.17 bits per heavy atom. The normalized spacial score (nSPS) is 11.4. The zero-order valence-corrected chi connectivity index (χ0v) is 16.5. The van der Waals surface area contributed by atoms with Crippen molar-refractivity contribution in [1.29, 1.82) is 0 Å². The molecule has 0 radical (unpaired) electrons. The molecule has 5 aromatic rings. The van der Waals surface area contributed by atoms with Crippen LogP contribution in [0.5, 0.6) is 0 Å². The van der Waals surface area contributed by atoms with Gasteiger partial charge in [0.25, 0.3) is 11.6 Å². The maximum absolute atomic E-state index is 13.3. The van der Waals surface area contributed by atoms with Crippen molar-refractivity contribution in [3.05, 3.63) is 60.0 Å². The first-order valence-corrected chi connectivity index (χ1v) is 9.73. The fourth-order valence-electron chi connectivity index (χ4n) is 3.61. The molecule has 0 saturated carbocycles. The quantitative estimate of drug-likeness (QED) is 0.454. The van der Waals surface area contributed by atoms with Crippen LogP contribution in [-0.4, -0.2) is 25.6 Å². The van der Waals surface area contributed by atoms with E-state index in [9.17, 15) is 4.79 Å². The molecule has 1 N–H and O–H groups in total. The van der Waals surface area contributed by atoms with E-state index in [1.165, 1.54) is 0 Å². The van der Waals surface area contributed by atoms with Gasteiger partial charge in [-0.3, -0.25) is 10.1 Å². The summed E-state index contributed by atoms with van der Waals surface area (Å²) in [5.74, 6) is 0.731. The second kappa shape index (κ2) is 7.14. The standard InChI is InChI=1S/C22H19N5O3/c1-3-10-27-17-8-5-4-7-15(17)24-22(27)25-20(28)14-12-16(18-9-6-11-29-18)23-21-19(14)13(2)26-30-21/h4-9,11-12H,3,10H2,1-2H3,(H,24,25,28). The van der Waals surface area contributed by atoms with Gasteiger partial charge in [0.2, 0.25) is 5.95 Å². The molecule has 0 unspecified atom stereocenters. The first-order valence-electron chi connectivity index (χ1n) is 9.73. The minimum Gasteiger partial charge on any atom is -0.463 e. The van der Waals surface area contributed by atoms with Gasteiger partial charge < -0.3 is 13.5 Å². The highest BCUT2D eigenvalue weighted by Gasteiger charge is 2.22. The van der Waals surface area contributed by atoms with Crippen LogP contribution in [0.25, 0.3) is 33.6 Å². The van der Waals surface area contributed by atoms with E-state index in [-0.39, 0.29) is 11.6 Å². The molecule has 0 aliphatic carbocycles. The van der Waals surface area contributed by atoms with Gasteiger partial charge in [0.15, 0.2) is 5.76 Å². The lowest BCUT2D eigenvalue weighted by Gasteiger charge is -2.10. The number of para-hydroxylation sites is 2. The molecular weight excluding hydrogens is 382 g/mol. The van der Waals surface area contributed by atoms with Crippen LogP contribution >= 0.6 is 0 Å². The Morgan fingerprint density at radius 3 is 2.83 bits per heavy atom. The molecular formula is C22H19N5O3. The molecule has 4 heterocycles. The maximum Gasteiger partial charge on any atom is 0.259 e. The van der Waals surface area contributed by atoms with Crippen LogP contribution in [-0.2, 0) is 6.54 Å². The molecule has 0 saturated heterocycles. The summed E-state index contributed by atoms with van der Waals surface area (Å²) in [4.78, 5) is 22.4. The largest absolute Gasteiger partial charge is 0.463 e. The average Bonchev–Trinajstić information content (AvgIpc) is 3.48. The predicted octanol–water partition coefficient (Wildman–Crippen LogP) is 4.80. The van der Waals surface area contributed by atoms with Crippen molar-refractivity contribution in [3.63, 3.8) is 0 Å². The van der Waals surface area contributed by atoms with Crippen LogP contribution < -0.4 is 5.32 Å². The smallest absolute Gasteiger partial charge is 0.259 e. The maximum atomic E-state index is 13.3. The summed E-state index contributed by atoms with van der Waals surface area (Å²) in [7, 11) is 0. The third-order valence-corrected chi connectivity index (χ3v) is 4.96. The van der Waals surface area contributed by atoms with Gasteiger partial charge in [0.05, 0.1) is 33.9 Å². The van der Waals surface area contributed by atoms with Crippen LogP contribution in [0.2, 0.25) is 0 Å². The van der Waals surface area contributed by atoms with E-state index >= 15 is 0 Å². The summed E-state index contributed by atoms with van der Waals surface area (Å²) in [5.41, 5.74) is 3.59. The lowest BCUT2D eigenvalue weighted by atomic mass is 10.1. The van der Waals surface area contributed by atoms with E-state index in [0.29, 0.717) is 34.0 Å². The van der Waals surface area contributed by atoms with Gasteiger partial charge in [0.1, 0.15) is 5.69 Å². The zero-order chi connectivity index (χ0) is 20.7. The van der Waals surface area contributed by atoms with Crippen molar-refractivity contribution in [3.8, 4) is 11.5 Å². The van der Waals surface area contributed by atoms with E-state index in [2.05, 4.69) is 27.4 Å². The predicted molar refractivity (Wildman–Crippen MR) is 112 cm³/mol. The highest BCUT2D eigenvalue weighted by Crippen LogP contribution is 2.28. The fourth-order valence-corrected chi connectivity index (χ4v) is 3.61. The molecule has 8 nitrogen and oxygen atoms in total. The number of aromatic nitrogens is 4. The molecule has 0 bridgehead atoms. The number of hydrogen-bond donors (Lipinski definition) is 1. The van der Waals surface area contributed by atoms with E-state index in [4.69, 9.17) is 8.94 Å². The number of aryl methyl sites for hydroxylation is 2. The number of rotatable bonds is 5. The minimum atomic E-state index is -0.311. The van der Waals surface area contributed by atoms with Crippen LogP contribution in [0.1, 0.15) is 29.4 Å². The third-order valence-electron chi connectivity index (χ3n) is 4.96. The third kappa shape index (κ3) is 2.93. The number of furan rings is 1. The number of nitrogens with one attached hydrogen (secondary N) is 1. The second-order valence-electron chi connectivity index (χ2n) is 7.01. The summed E-state index contributed by atoms with van der Waals surface area (Å²) in [6, 6.07) is 13.1. The van der Waals surface area contributed by atoms with Crippen molar-refractivity contribution in [2.45, 2.75) is 26.8 Å². The Labute approximate surface area is 171 Å². The highest BCUT2D eigenvalue weighted by atomic mass is 16.5. The average molecular weight is 401 g/mol. The number of fused-ring (bicyclic) bond motifs is 2. The molecule has 1 aromatic carbocycles. The molecule has 0 atom stereocenters. The topological polar surface area (TPSA) is 99.0 Å². The molecule has 30 heavy (non-hydrogen) atoms. The van der Waals surface area contributed by atoms with Crippen molar-refractivity contribution >= 4 is 34.0 Å². The number of pyridine rings is 1. The van der Waals surface area contributed by atoms with Crippen LogP contribution in [0.15, 0.2) is 57.7 Å². The van der Waals surface area contributed by atoms with E-state index in [1.807, 2.05) is 28.8 Å². The van der Waals surface area contributed by atoms with E-state index in [0.717, 1.165) is 24.0 Å². The molecule has 0 fully saturated rings. The number of carbonyl (C=O) groups excluding carboxylic acids is 1. The van der Waals surface area contributed by atoms with E-state index < -0.39 is 0 Å². The molecule has 1 amide bonds. The summed E-state index contributed by atoms with van der Waals surface area (Å²) in [5, 5.41) is 7.52. The van der Waals surface area contributed by atoms with Crippen LogP contribution in [0.4, 0.5) is 5.95 Å². The second-order valence-corrected chi connectivity index (χ2v) is 7.01. The van der Waals surface area contributed by atoms with Crippen LogP contribution in [0.3, 0.4) is 0 Å². The van der Waals surface area contributed by atoms with Gasteiger partial charge in [-0.15, -0.1) is 0 Å². The molecule has 150 valence electrons. The first kappa shape index (κ1) is 18.1. The van der Waals surface area contributed by atoms with Crippen molar-refractivity contribution in [1.82, 2.24) is 19.7 Å². The Morgan fingerprint density at radius 2 is 2.03 bits per heavy atom. The van der Waals surface area contributed by atoms with Crippen molar-refractivity contribution in [2.75, 3.05) is 5.32 Å². The highest BCUT2D eigenvalue weighted by molar-refractivity contribution is 6.12. The van der Waals surface area contributed by atoms with Gasteiger partial charge >= 0.3 is 0 Å². The van der Waals surface area contributed by atoms with Crippen molar-refractivity contribution < 1.29 is 13.7 Å². The Hall–Kier alpha value is -3.94. The number of imidazole rings is 1. The number of nitrogens with zero attached hydrogens (tertiary/aromatic N) is 4. The van der Waals surface area contributed by atoms with Gasteiger partial charge in [-0.05, 0) is 43.7 Å². The van der Waals surface area contributed by atoms with Gasteiger partial charge in [0, 0.05) is 6.54 Å². The SMILES string of the molecule is CCCn1c(NC(=O)c2cc(-c3ccco3)nc3onc(C)c23)nc2ccccc21. The summed E-state index contributed by atoms with van der Waals surface area (Å²) >= 11 is 0. The number of hydrogen-bond acceptors (Lipinski definition) is 6. The Kier molecular flexibility index (Phi) is 4.31. The summed E-state index contributed by atoms with van der Waals surface area (Å²) < 4.78 is 12.8. The minimum absolute atomic E-state index is 0.286. The summed E-state index contributed by atoms with van der Waals surface area (Å²) in [6.45, 7) is 4.61. The molecule has 8 heteroatoms. The van der Waals surface area contributed by atoms with Gasteiger partial charge in [-0.1, -0.05) is 24.2 Å². The van der Waals surface area contributed by atoms with Crippen LogP contribution in [0, 0.1) is 6.92 Å². The number of anilines is 1. The molecule has 0 aliphatic rings. The molecule has 0 aliphatic heterocycles. The number of amides is 1. The fraction of sp³-hybridized carbons (Fsp3) is 0.182. The number of carbonyl (C=O) groups is 1. The lowest BCUT2D eigenvalue weighted by Crippen LogP contribution is -2.17.